The van der Waals surface area contributed by atoms with Gasteiger partial charge in [-0.1, -0.05) is 24.3 Å². The molecule has 0 saturated heterocycles. The Kier molecular flexibility index (Phi) is 5.41. The number of ether oxygens (including phenoxy) is 2. The third-order valence-electron chi connectivity index (χ3n) is 3.16. The van der Waals surface area contributed by atoms with Gasteiger partial charge in [0.1, 0.15) is 0 Å². The summed E-state index contributed by atoms with van der Waals surface area (Å²) in [5.74, 6) is 0.867. The van der Waals surface area contributed by atoms with E-state index in [1.807, 2.05) is 12.1 Å². The van der Waals surface area contributed by atoms with Crippen LogP contribution in [0.25, 0.3) is 0 Å². The van der Waals surface area contributed by atoms with Crippen LogP contribution in [-0.4, -0.2) is 29.2 Å². The van der Waals surface area contributed by atoms with Gasteiger partial charge in [0, 0.05) is 12.6 Å². The zero-order valence-electron chi connectivity index (χ0n) is 12.5. The van der Waals surface area contributed by atoms with E-state index in [1.54, 1.807) is 18.2 Å². The van der Waals surface area contributed by atoms with Crippen LogP contribution in [0.15, 0.2) is 47.4 Å². The summed E-state index contributed by atoms with van der Waals surface area (Å²) in [5.41, 5.74) is 1.05. The summed E-state index contributed by atoms with van der Waals surface area (Å²) in [5, 5.41) is 0. The number of hydrogen-bond donors (Lipinski definition) is 1. The Balaban J connectivity index is 2.07. The number of sulfonamides is 1. The normalized spacial score (nSPS) is 11.2. The fraction of sp³-hybridized carbons (Fsp3) is 0.250. The van der Waals surface area contributed by atoms with Crippen molar-refractivity contribution in [3.63, 3.8) is 0 Å². The van der Waals surface area contributed by atoms with E-state index in [9.17, 15) is 8.42 Å². The third-order valence-corrected chi connectivity index (χ3v) is 4.62. The molecule has 2 aromatic carbocycles. The highest BCUT2D eigenvalue weighted by atomic mass is 32.2. The first kappa shape index (κ1) is 16.3. The third kappa shape index (κ3) is 3.99. The summed E-state index contributed by atoms with van der Waals surface area (Å²) < 4.78 is 37.4. The van der Waals surface area contributed by atoms with Crippen LogP contribution in [0.4, 0.5) is 0 Å². The first-order valence-corrected chi connectivity index (χ1v) is 8.22. The number of rotatable bonds is 7. The number of methoxy groups -OCH3 is 2. The van der Waals surface area contributed by atoms with Gasteiger partial charge in [0.05, 0.1) is 19.1 Å². The van der Waals surface area contributed by atoms with Crippen molar-refractivity contribution >= 4 is 10.0 Å². The van der Waals surface area contributed by atoms with Crippen molar-refractivity contribution in [1.29, 1.82) is 0 Å². The lowest BCUT2D eigenvalue weighted by molar-refractivity contribution is 0.354. The quantitative estimate of drug-likeness (QED) is 0.848. The van der Waals surface area contributed by atoms with Gasteiger partial charge >= 0.3 is 0 Å². The van der Waals surface area contributed by atoms with Gasteiger partial charge in [-0.25, -0.2) is 13.1 Å². The average Bonchev–Trinajstić information content (AvgIpc) is 2.55. The van der Waals surface area contributed by atoms with Crippen molar-refractivity contribution in [3.05, 3.63) is 54.1 Å². The van der Waals surface area contributed by atoms with Crippen molar-refractivity contribution < 1.29 is 17.9 Å². The Bertz CT molecular complexity index is 714. The molecule has 117 valence electrons. The van der Waals surface area contributed by atoms with E-state index in [0.717, 1.165) is 5.56 Å². The van der Waals surface area contributed by atoms with Gasteiger partial charge in [-0.3, -0.25) is 0 Å². The zero-order valence-corrected chi connectivity index (χ0v) is 13.3. The van der Waals surface area contributed by atoms with Crippen LogP contribution in [0.1, 0.15) is 5.56 Å². The van der Waals surface area contributed by atoms with E-state index in [-0.39, 0.29) is 4.90 Å². The molecule has 0 bridgehead atoms. The maximum absolute atomic E-state index is 12.3. The van der Waals surface area contributed by atoms with E-state index in [2.05, 4.69) is 10.8 Å². The molecule has 0 unspecified atom stereocenters. The molecule has 1 radical (unpaired) electrons. The van der Waals surface area contributed by atoms with E-state index < -0.39 is 10.0 Å². The Hall–Kier alpha value is -2.05. The van der Waals surface area contributed by atoms with Gasteiger partial charge in [0.2, 0.25) is 10.0 Å². The standard InChI is InChI=1S/C16H18NO4S/c1-20-15-9-8-14(12-16(15)21-2)22(18,19)17-11-10-13-6-4-3-5-7-13/h4-9,12,17H,10-11H2,1-2H3. The molecule has 22 heavy (non-hydrogen) atoms. The first-order valence-electron chi connectivity index (χ1n) is 6.73. The molecule has 1 N–H and O–H groups in total. The number of nitrogens with one attached hydrogen (secondary N) is 1. The molecule has 0 aliphatic carbocycles. The van der Waals surface area contributed by atoms with Crippen molar-refractivity contribution in [1.82, 2.24) is 4.72 Å². The number of hydrogen-bond acceptors (Lipinski definition) is 4. The van der Waals surface area contributed by atoms with Crippen LogP contribution in [-0.2, 0) is 16.4 Å². The van der Waals surface area contributed by atoms with E-state index in [1.165, 1.54) is 26.4 Å². The van der Waals surface area contributed by atoms with Crippen molar-refractivity contribution in [2.24, 2.45) is 0 Å². The van der Waals surface area contributed by atoms with Crippen molar-refractivity contribution in [2.75, 3.05) is 20.8 Å². The van der Waals surface area contributed by atoms with Crippen molar-refractivity contribution in [3.8, 4) is 11.5 Å². The molecule has 5 nitrogen and oxygen atoms in total. The molecule has 0 heterocycles. The molecule has 0 aromatic heterocycles. The fourth-order valence-electron chi connectivity index (χ4n) is 1.98. The minimum atomic E-state index is -3.58. The second kappa shape index (κ2) is 7.29. The highest BCUT2D eigenvalue weighted by Crippen LogP contribution is 2.29. The average molecular weight is 320 g/mol. The van der Waals surface area contributed by atoms with Gasteiger partial charge in [-0.2, -0.15) is 0 Å². The molecule has 0 fully saturated rings. The molecule has 0 aliphatic heterocycles. The highest BCUT2D eigenvalue weighted by molar-refractivity contribution is 7.89. The van der Waals surface area contributed by atoms with Crippen LogP contribution < -0.4 is 14.2 Å². The maximum atomic E-state index is 12.3. The predicted octanol–water partition coefficient (Wildman–Crippen LogP) is 2.02. The first-order chi connectivity index (χ1) is 10.6. The van der Waals surface area contributed by atoms with E-state index in [4.69, 9.17) is 9.47 Å². The highest BCUT2D eigenvalue weighted by Gasteiger charge is 2.16. The molecular weight excluding hydrogens is 302 g/mol. The Morgan fingerprint density at radius 1 is 1.05 bits per heavy atom. The summed E-state index contributed by atoms with van der Waals surface area (Å²) in [7, 11) is -0.613. The van der Waals surface area contributed by atoms with E-state index >= 15 is 0 Å². The molecule has 6 heteroatoms. The monoisotopic (exact) mass is 320 g/mol. The summed E-state index contributed by atoms with van der Waals surface area (Å²) in [4.78, 5) is 0.145. The predicted molar refractivity (Wildman–Crippen MR) is 83.7 cm³/mol. The molecule has 0 aliphatic rings. The van der Waals surface area contributed by atoms with Crippen LogP contribution in [0, 0.1) is 6.07 Å². The Morgan fingerprint density at radius 2 is 1.73 bits per heavy atom. The minimum Gasteiger partial charge on any atom is -0.493 e. The van der Waals surface area contributed by atoms with Crippen LogP contribution in [0.3, 0.4) is 0 Å². The molecule has 0 amide bonds. The summed E-state index contributed by atoms with van der Waals surface area (Å²) >= 11 is 0. The van der Waals surface area contributed by atoms with Gasteiger partial charge in [0.15, 0.2) is 11.5 Å². The summed E-state index contributed by atoms with van der Waals surface area (Å²) in [6, 6.07) is 14.8. The molecular formula is C16H18NO4S. The van der Waals surface area contributed by atoms with Gasteiger partial charge in [-0.05, 0) is 30.2 Å². The van der Waals surface area contributed by atoms with E-state index in [0.29, 0.717) is 24.5 Å². The Morgan fingerprint density at radius 3 is 2.36 bits per heavy atom. The minimum absolute atomic E-state index is 0.145. The number of benzene rings is 2. The molecule has 2 aromatic rings. The van der Waals surface area contributed by atoms with Gasteiger partial charge < -0.3 is 9.47 Å². The molecule has 0 saturated carbocycles. The molecule has 0 atom stereocenters. The van der Waals surface area contributed by atoms with Crippen LogP contribution in [0.2, 0.25) is 0 Å². The lowest BCUT2D eigenvalue weighted by Crippen LogP contribution is -2.26. The second-order valence-electron chi connectivity index (χ2n) is 4.57. The molecule has 2 rings (SSSR count). The molecule has 0 spiro atoms. The SMILES string of the molecule is COc1ccc(S(=O)(=O)NCCc2cc[c]cc2)cc1OC. The van der Waals surface area contributed by atoms with Crippen molar-refractivity contribution in [2.45, 2.75) is 11.3 Å². The Labute approximate surface area is 130 Å². The summed E-state index contributed by atoms with van der Waals surface area (Å²) in [6.45, 7) is 0.320. The van der Waals surface area contributed by atoms with Gasteiger partial charge in [-0.15, -0.1) is 0 Å². The topological polar surface area (TPSA) is 64.6 Å². The lowest BCUT2D eigenvalue weighted by Gasteiger charge is -2.11. The second-order valence-corrected chi connectivity index (χ2v) is 6.34. The smallest absolute Gasteiger partial charge is 0.240 e. The largest absolute Gasteiger partial charge is 0.493 e. The van der Waals surface area contributed by atoms with Crippen LogP contribution >= 0.6 is 0 Å². The van der Waals surface area contributed by atoms with Crippen LogP contribution in [0.5, 0.6) is 11.5 Å². The fourth-order valence-corrected chi connectivity index (χ4v) is 3.03. The lowest BCUT2D eigenvalue weighted by atomic mass is 10.2. The zero-order chi connectivity index (χ0) is 16.0. The maximum Gasteiger partial charge on any atom is 0.240 e. The van der Waals surface area contributed by atoms with Gasteiger partial charge in [0.25, 0.3) is 0 Å². The summed E-state index contributed by atoms with van der Waals surface area (Å²) in [6.07, 6.45) is 0.612.